The number of carbonyl (C=O) groups excluding carboxylic acids is 1. The normalized spacial score (nSPS) is 15.0. The van der Waals surface area contributed by atoms with Crippen molar-refractivity contribution in [3.63, 3.8) is 0 Å². The lowest BCUT2D eigenvalue weighted by Crippen LogP contribution is -2.36. The SMILES string of the molecule is CC(NC(=O)c1nc(-c2ccc3ncccc3c2)c(-c2ccn(C)n2)nc1N)c1cccc(CC2CCN(CCO)CC2)n1. The minimum atomic E-state index is -0.428. The van der Waals surface area contributed by atoms with Crippen LogP contribution in [0.5, 0.6) is 0 Å². The van der Waals surface area contributed by atoms with Gasteiger partial charge in [0.25, 0.3) is 5.91 Å². The molecule has 1 unspecified atom stereocenters. The molecule has 11 heteroatoms. The number of fused-ring (bicyclic) bond motifs is 1. The van der Waals surface area contributed by atoms with Gasteiger partial charge in [-0.3, -0.25) is 19.4 Å². The summed E-state index contributed by atoms with van der Waals surface area (Å²) in [7, 11) is 1.83. The van der Waals surface area contributed by atoms with Gasteiger partial charge in [0.2, 0.25) is 0 Å². The van der Waals surface area contributed by atoms with Crippen LogP contribution >= 0.6 is 0 Å². The minimum absolute atomic E-state index is 0.0239. The molecular formula is C33H37N9O2. The number of likely N-dealkylation sites (tertiary alicyclic amines) is 1. The molecular weight excluding hydrogens is 554 g/mol. The van der Waals surface area contributed by atoms with Crippen molar-refractivity contribution in [3.05, 3.63) is 84.1 Å². The van der Waals surface area contributed by atoms with Gasteiger partial charge in [-0.2, -0.15) is 5.10 Å². The van der Waals surface area contributed by atoms with Crippen LogP contribution < -0.4 is 11.1 Å². The largest absolute Gasteiger partial charge is 0.395 e. The van der Waals surface area contributed by atoms with Gasteiger partial charge in [0.05, 0.1) is 29.6 Å². The van der Waals surface area contributed by atoms with Crippen molar-refractivity contribution in [2.45, 2.75) is 32.2 Å². The van der Waals surface area contributed by atoms with Crippen molar-refractivity contribution in [1.29, 1.82) is 0 Å². The highest BCUT2D eigenvalue weighted by atomic mass is 16.3. The van der Waals surface area contributed by atoms with E-state index in [-0.39, 0.29) is 24.2 Å². The summed E-state index contributed by atoms with van der Waals surface area (Å²) in [6.45, 7) is 4.83. The number of rotatable bonds is 9. The Morgan fingerprint density at radius 2 is 1.91 bits per heavy atom. The number of anilines is 1. The molecule has 1 aliphatic rings. The Kier molecular flexibility index (Phi) is 8.58. The molecule has 1 aliphatic heterocycles. The lowest BCUT2D eigenvalue weighted by Gasteiger charge is -2.31. The predicted molar refractivity (Wildman–Crippen MR) is 169 cm³/mol. The topological polar surface area (TPSA) is 148 Å². The van der Waals surface area contributed by atoms with Gasteiger partial charge < -0.3 is 21.1 Å². The van der Waals surface area contributed by atoms with Gasteiger partial charge in [0, 0.05) is 42.6 Å². The molecule has 0 aliphatic carbocycles. The molecule has 0 saturated carbocycles. The number of piperidine rings is 1. The van der Waals surface area contributed by atoms with E-state index in [0.717, 1.165) is 66.8 Å². The summed E-state index contributed by atoms with van der Waals surface area (Å²) in [6.07, 6.45) is 6.63. The van der Waals surface area contributed by atoms with E-state index in [0.29, 0.717) is 23.0 Å². The number of nitrogens with two attached hydrogens (primary N) is 1. The Labute approximate surface area is 256 Å². The van der Waals surface area contributed by atoms with Gasteiger partial charge in [-0.05, 0) is 81.6 Å². The standard InChI is InChI=1S/C33H37N9O2/c1-21(26-7-3-6-25(37-26)19-22-10-15-42(16-11-22)17-18-43)36-33(44)31-32(34)39-30(28-12-14-41(2)40-28)29(38-31)24-8-9-27-23(20-24)5-4-13-35-27/h3-9,12-14,20-22,43H,10-11,15-19H2,1-2H3,(H2,34,39)(H,36,44). The molecule has 5 aromatic rings. The van der Waals surface area contributed by atoms with Crippen LogP contribution in [0, 0.1) is 5.92 Å². The second-order valence-corrected chi connectivity index (χ2v) is 11.4. The number of nitrogens with zero attached hydrogens (tertiary/aromatic N) is 7. The molecule has 4 N–H and O–H groups in total. The summed E-state index contributed by atoms with van der Waals surface area (Å²) in [5.41, 5.74) is 11.4. The van der Waals surface area contributed by atoms with E-state index in [1.807, 2.05) is 74.8 Å². The van der Waals surface area contributed by atoms with Crippen molar-refractivity contribution >= 4 is 22.6 Å². The quantitative estimate of drug-likeness (QED) is 0.233. The molecule has 1 atom stereocenters. The van der Waals surface area contributed by atoms with E-state index in [2.05, 4.69) is 25.3 Å². The van der Waals surface area contributed by atoms with Crippen molar-refractivity contribution in [3.8, 4) is 22.6 Å². The number of nitrogens with one attached hydrogen (secondary N) is 1. The molecule has 6 rings (SSSR count). The van der Waals surface area contributed by atoms with Gasteiger partial charge >= 0.3 is 0 Å². The molecule has 0 radical (unpaired) electrons. The zero-order valence-corrected chi connectivity index (χ0v) is 25.0. The fraction of sp³-hybridized carbons (Fsp3) is 0.333. The van der Waals surface area contributed by atoms with E-state index in [9.17, 15) is 9.90 Å². The number of aliphatic hydroxyl groups is 1. The summed E-state index contributed by atoms with van der Waals surface area (Å²) < 4.78 is 1.69. The van der Waals surface area contributed by atoms with Crippen LogP contribution in [0.1, 0.15) is 47.7 Å². The first-order chi connectivity index (χ1) is 21.4. The molecule has 44 heavy (non-hydrogen) atoms. The summed E-state index contributed by atoms with van der Waals surface area (Å²) in [5.74, 6) is 0.146. The number of benzene rings is 1. The van der Waals surface area contributed by atoms with E-state index < -0.39 is 5.91 Å². The highest BCUT2D eigenvalue weighted by Crippen LogP contribution is 2.32. The van der Waals surface area contributed by atoms with Crippen LogP contribution in [0.4, 0.5) is 5.82 Å². The first-order valence-electron chi connectivity index (χ1n) is 15.0. The molecule has 5 heterocycles. The second-order valence-electron chi connectivity index (χ2n) is 11.4. The molecule has 1 saturated heterocycles. The van der Waals surface area contributed by atoms with E-state index in [1.54, 1.807) is 10.9 Å². The number of aryl methyl sites for hydroxylation is 1. The third kappa shape index (κ3) is 6.43. The van der Waals surface area contributed by atoms with Crippen LogP contribution in [0.3, 0.4) is 0 Å². The molecule has 1 aromatic carbocycles. The minimum Gasteiger partial charge on any atom is -0.395 e. The number of hydrogen-bond acceptors (Lipinski definition) is 9. The Bertz CT molecular complexity index is 1780. The molecule has 226 valence electrons. The molecule has 1 amide bonds. The van der Waals surface area contributed by atoms with Crippen LogP contribution in [-0.2, 0) is 13.5 Å². The number of carbonyl (C=O) groups is 1. The Morgan fingerprint density at radius 3 is 2.68 bits per heavy atom. The van der Waals surface area contributed by atoms with Crippen LogP contribution in [-0.4, -0.2) is 71.9 Å². The number of amides is 1. The van der Waals surface area contributed by atoms with Gasteiger partial charge in [-0.1, -0.05) is 18.2 Å². The highest BCUT2D eigenvalue weighted by molar-refractivity contribution is 5.98. The maximum atomic E-state index is 13.6. The lowest BCUT2D eigenvalue weighted by molar-refractivity contribution is 0.0935. The first-order valence-corrected chi connectivity index (χ1v) is 15.0. The number of pyridine rings is 2. The third-order valence-electron chi connectivity index (χ3n) is 8.21. The molecule has 0 bridgehead atoms. The smallest absolute Gasteiger partial charge is 0.274 e. The number of aliphatic hydroxyl groups excluding tert-OH is 1. The third-order valence-corrected chi connectivity index (χ3v) is 8.21. The molecule has 1 fully saturated rings. The zero-order chi connectivity index (χ0) is 30.6. The van der Waals surface area contributed by atoms with Gasteiger partial charge in [-0.15, -0.1) is 0 Å². The Balaban J connectivity index is 1.24. The van der Waals surface area contributed by atoms with Crippen LogP contribution in [0.2, 0.25) is 0 Å². The second kappa shape index (κ2) is 12.9. The summed E-state index contributed by atoms with van der Waals surface area (Å²) in [5, 5.41) is 17.7. The highest BCUT2D eigenvalue weighted by Gasteiger charge is 2.24. The van der Waals surface area contributed by atoms with Crippen molar-refractivity contribution < 1.29 is 9.90 Å². The summed E-state index contributed by atoms with van der Waals surface area (Å²) in [4.78, 5) is 34.6. The van der Waals surface area contributed by atoms with Crippen LogP contribution in [0.15, 0.2) is 67.0 Å². The average molecular weight is 592 g/mol. The van der Waals surface area contributed by atoms with Gasteiger partial charge in [0.15, 0.2) is 11.5 Å². The van der Waals surface area contributed by atoms with Crippen molar-refractivity contribution in [1.82, 2.24) is 39.9 Å². The monoisotopic (exact) mass is 591 g/mol. The fourth-order valence-corrected chi connectivity index (χ4v) is 5.80. The number of hydrogen-bond donors (Lipinski definition) is 3. The number of aromatic nitrogens is 6. The number of nitrogen functional groups attached to an aromatic ring is 1. The van der Waals surface area contributed by atoms with Crippen molar-refractivity contribution in [2.75, 3.05) is 32.0 Å². The molecule has 0 spiro atoms. The summed E-state index contributed by atoms with van der Waals surface area (Å²) in [6, 6.07) is 17.1. The van der Waals surface area contributed by atoms with Crippen LogP contribution in [0.25, 0.3) is 33.5 Å². The maximum Gasteiger partial charge on any atom is 0.274 e. The molecule has 11 nitrogen and oxygen atoms in total. The van der Waals surface area contributed by atoms with Gasteiger partial charge in [0.1, 0.15) is 11.4 Å². The Hall–Kier alpha value is -4.74. The maximum absolute atomic E-state index is 13.6. The predicted octanol–water partition coefficient (Wildman–Crippen LogP) is 3.81. The summed E-state index contributed by atoms with van der Waals surface area (Å²) >= 11 is 0. The van der Waals surface area contributed by atoms with E-state index in [4.69, 9.17) is 15.7 Å². The van der Waals surface area contributed by atoms with Gasteiger partial charge in [-0.25, -0.2) is 9.97 Å². The number of β-amino-alcohol motifs (C(OH)–C–C–N with tert-alkyl or cyclic N) is 1. The van der Waals surface area contributed by atoms with E-state index in [1.165, 1.54) is 0 Å². The van der Waals surface area contributed by atoms with Crippen molar-refractivity contribution in [2.24, 2.45) is 13.0 Å². The fourth-order valence-electron chi connectivity index (χ4n) is 5.80. The Morgan fingerprint density at radius 1 is 1.07 bits per heavy atom. The average Bonchev–Trinajstić information content (AvgIpc) is 3.47. The van der Waals surface area contributed by atoms with E-state index >= 15 is 0 Å². The zero-order valence-electron chi connectivity index (χ0n) is 25.0. The molecule has 4 aromatic heterocycles. The first kappa shape index (κ1) is 29.3. The lowest BCUT2D eigenvalue weighted by atomic mass is 9.92.